The number of anilines is 1. The molecule has 2 aromatic rings. The van der Waals surface area contributed by atoms with Crippen molar-refractivity contribution in [2.45, 2.75) is 80.9 Å². The van der Waals surface area contributed by atoms with Crippen molar-refractivity contribution in [3.8, 4) is 0 Å². The average Bonchev–Trinajstić information content (AvgIpc) is 3.62. The molecule has 0 unspecified atom stereocenters. The lowest BCUT2D eigenvalue weighted by Crippen LogP contribution is -2.35. The summed E-state index contributed by atoms with van der Waals surface area (Å²) in [6.45, 7) is 2.80. The Morgan fingerprint density at radius 1 is 0.969 bits per heavy atom. The molecule has 1 amide bonds. The van der Waals surface area contributed by atoms with Gasteiger partial charge in [-0.3, -0.25) is 9.52 Å². The molecule has 0 bridgehead atoms. The molecule has 6 heteroatoms. The largest absolute Gasteiger partial charge is 0.355 e. The molecule has 2 aliphatic rings. The monoisotopic (exact) mass is 454 g/mol. The van der Waals surface area contributed by atoms with Gasteiger partial charge < -0.3 is 5.32 Å². The number of nitrogens with one attached hydrogen (secondary N) is 2. The van der Waals surface area contributed by atoms with Crippen molar-refractivity contribution >= 4 is 21.6 Å². The quantitative estimate of drug-likeness (QED) is 0.493. The van der Waals surface area contributed by atoms with Crippen LogP contribution in [-0.2, 0) is 20.2 Å². The maximum Gasteiger partial charge on any atom is 0.261 e. The minimum atomic E-state index is -3.65. The Bertz CT molecular complexity index is 1020. The fourth-order valence-electron chi connectivity index (χ4n) is 4.75. The van der Waals surface area contributed by atoms with Crippen molar-refractivity contribution in [1.29, 1.82) is 0 Å². The van der Waals surface area contributed by atoms with Gasteiger partial charge in [-0.05, 0) is 73.4 Å². The molecule has 0 heterocycles. The van der Waals surface area contributed by atoms with Crippen LogP contribution in [0.2, 0.25) is 0 Å². The summed E-state index contributed by atoms with van der Waals surface area (Å²) >= 11 is 0. The van der Waals surface area contributed by atoms with Gasteiger partial charge in [-0.15, -0.1) is 0 Å². The predicted molar refractivity (Wildman–Crippen MR) is 128 cm³/mol. The SMILES string of the molecule is CCCCNC(=O)C1(c2ccc(NS(=O)(=O)c3ccc(C4CCCCC4)cc3)cc2)CC1. The van der Waals surface area contributed by atoms with E-state index in [1.807, 2.05) is 24.3 Å². The van der Waals surface area contributed by atoms with Crippen molar-refractivity contribution in [1.82, 2.24) is 5.32 Å². The van der Waals surface area contributed by atoms with Gasteiger partial charge in [-0.2, -0.15) is 0 Å². The van der Waals surface area contributed by atoms with E-state index in [0.29, 0.717) is 18.2 Å². The van der Waals surface area contributed by atoms with Gasteiger partial charge in [-0.25, -0.2) is 8.42 Å². The van der Waals surface area contributed by atoms with Crippen molar-refractivity contribution in [2.75, 3.05) is 11.3 Å². The normalized spacial score (nSPS) is 18.2. The zero-order chi connectivity index (χ0) is 22.6. The van der Waals surface area contributed by atoms with Crippen LogP contribution in [0.1, 0.15) is 81.8 Å². The van der Waals surface area contributed by atoms with Gasteiger partial charge in [0, 0.05) is 12.2 Å². The third-order valence-electron chi connectivity index (χ3n) is 6.96. The minimum absolute atomic E-state index is 0.0809. The molecule has 2 aliphatic carbocycles. The number of hydrogen-bond donors (Lipinski definition) is 2. The number of rotatable bonds is 9. The van der Waals surface area contributed by atoms with Gasteiger partial charge in [0.1, 0.15) is 0 Å². The van der Waals surface area contributed by atoms with E-state index in [0.717, 1.165) is 31.2 Å². The standard InChI is InChI=1S/C26H34N2O3S/c1-2-3-19-27-25(29)26(17-18-26)22-11-13-23(14-12-22)28-32(30,31)24-15-9-21(10-16-24)20-7-5-4-6-8-20/h9-16,20,28H,2-8,17-19H2,1H3,(H,27,29). The maximum absolute atomic E-state index is 12.9. The van der Waals surface area contributed by atoms with Crippen LogP contribution in [0, 0.1) is 0 Å². The Morgan fingerprint density at radius 3 is 2.22 bits per heavy atom. The van der Waals surface area contributed by atoms with E-state index in [-0.39, 0.29) is 10.8 Å². The molecule has 2 fully saturated rings. The second-order valence-electron chi connectivity index (χ2n) is 9.28. The van der Waals surface area contributed by atoms with E-state index in [1.165, 1.54) is 37.7 Å². The highest BCUT2D eigenvalue weighted by Crippen LogP contribution is 2.48. The van der Waals surface area contributed by atoms with E-state index < -0.39 is 15.4 Å². The van der Waals surface area contributed by atoms with E-state index in [9.17, 15) is 13.2 Å². The highest BCUT2D eigenvalue weighted by atomic mass is 32.2. The fraction of sp³-hybridized carbons (Fsp3) is 0.500. The number of carbonyl (C=O) groups excluding carboxylic acids is 1. The molecule has 0 atom stereocenters. The molecule has 172 valence electrons. The van der Waals surface area contributed by atoms with Crippen LogP contribution in [-0.4, -0.2) is 20.9 Å². The lowest BCUT2D eigenvalue weighted by molar-refractivity contribution is -0.123. The molecule has 0 radical (unpaired) electrons. The molecule has 0 aliphatic heterocycles. The van der Waals surface area contributed by atoms with Crippen molar-refractivity contribution in [2.24, 2.45) is 0 Å². The van der Waals surface area contributed by atoms with Crippen LogP contribution in [0.4, 0.5) is 5.69 Å². The van der Waals surface area contributed by atoms with Crippen LogP contribution in [0.5, 0.6) is 0 Å². The molecule has 2 aromatic carbocycles. The summed E-state index contributed by atoms with van der Waals surface area (Å²) in [7, 11) is -3.65. The molecular formula is C26H34N2O3S. The van der Waals surface area contributed by atoms with Crippen LogP contribution < -0.4 is 10.0 Å². The van der Waals surface area contributed by atoms with Gasteiger partial charge in [0.15, 0.2) is 0 Å². The molecule has 5 nitrogen and oxygen atoms in total. The highest BCUT2D eigenvalue weighted by molar-refractivity contribution is 7.92. The second-order valence-corrected chi connectivity index (χ2v) is 11.0. The second kappa shape index (κ2) is 9.65. The molecule has 0 saturated heterocycles. The number of sulfonamides is 1. The van der Waals surface area contributed by atoms with Gasteiger partial charge in [0.25, 0.3) is 10.0 Å². The molecule has 4 rings (SSSR count). The van der Waals surface area contributed by atoms with E-state index >= 15 is 0 Å². The first-order valence-electron chi connectivity index (χ1n) is 12.0. The minimum Gasteiger partial charge on any atom is -0.355 e. The summed E-state index contributed by atoms with van der Waals surface area (Å²) < 4.78 is 28.4. The lowest BCUT2D eigenvalue weighted by Gasteiger charge is -2.22. The third kappa shape index (κ3) is 5.01. The first-order valence-corrected chi connectivity index (χ1v) is 13.4. The number of benzene rings is 2. The zero-order valence-electron chi connectivity index (χ0n) is 18.9. The first kappa shape index (κ1) is 22.8. The van der Waals surface area contributed by atoms with Crippen molar-refractivity contribution < 1.29 is 13.2 Å². The average molecular weight is 455 g/mol. The summed E-state index contributed by atoms with van der Waals surface area (Å²) in [5, 5.41) is 3.04. The summed E-state index contributed by atoms with van der Waals surface area (Å²) in [6.07, 6.45) is 9.89. The fourth-order valence-corrected chi connectivity index (χ4v) is 5.80. The Hall–Kier alpha value is -2.34. The smallest absolute Gasteiger partial charge is 0.261 e. The van der Waals surface area contributed by atoms with Gasteiger partial charge >= 0.3 is 0 Å². The van der Waals surface area contributed by atoms with Crippen molar-refractivity contribution in [3.05, 3.63) is 59.7 Å². The van der Waals surface area contributed by atoms with E-state index in [4.69, 9.17) is 0 Å². The van der Waals surface area contributed by atoms with Gasteiger partial charge in [0.05, 0.1) is 10.3 Å². The molecular weight excluding hydrogens is 420 g/mol. The summed E-state index contributed by atoms with van der Waals surface area (Å²) in [5.41, 5.74) is 2.25. The molecule has 0 aromatic heterocycles. The Morgan fingerprint density at radius 2 is 1.62 bits per heavy atom. The first-order chi connectivity index (χ1) is 15.4. The molecule has 2 saturated carbocycles. The topological polar surface area (TPSA) is 75.3 Å². The zero-order valence-corrected chi connectivity index (χ0v) is 19.7. The number of amides is 1. The Labute approximate surface area is 192 Å². The number of unbranched alkanes of at least 4 members (excludes halogenated alkanes) is 1. The molecule has 2 N–H and O–H groups in total. The number of carbonyl (C=O) groups is 1. The maximum atomic E-state index is 12.9. The number of hydrogen-bond acceptors (Lipinski definition) is 3. The Balaban J connectivity index is 1.41. The lowest BCUT2D eigenvalue weighted by atomic mass is 9.84. The van der Waals surface area contributed by atoms with Gasteiger partial charge in [0.2, 0.25) is 5.91 Å². The van der Waals surface area contributed by atoms with E-state index in [2.05, 4.69) is 17.0 Å². The third-order valence-corrected chi connectivity index (χ3v) is 8.35. The van der Waals surface area contributed by atoms with E-state index in [1.54, 1.807) is 24.3 Å². The van der Waals surface area contributed by atoms with Crippen molar-refractivity contribution in [3.63, 3.8) is 0 Å². The molecule has 0 spiro atoms. The van der Waals surface area contributed by atoms with Gasteiger partial charge in [-0.1, -0.05) is 56.9 Å². The van der Waals surface area contributed by atoms with Crippen LogP contribution in [0.25, 0.3) is 0 Å². The Kier molecular flexibility index (Phi) is 6.89. The van der Waals surface area contributed by atoms with Crippen LogP contribution in [0.3, 0.4) is 0 Å². The highest BCUT2D eigenvalue weighted by Gasteiger charge is 2.50. The van der Waals surface area contributed by atoms with Crippen LogP contribution >= 0.6 is 0 Å². The molecule has 32 heavy (non-hydrogen) atoms. The predicted octanol–water partition coefficient (Wildman–Crippen LogP) is 5.48. The summed E-state index contributed by atoms with van der Waals surface area (Å²) in [4.78, 5) is 12.9. The summed E-state index contributed by atoms with van der Waals surface area (Å²) in [6, 6.07) is 14.6. The summed E-state index contributed by atoms with van der Waals surface area (Å²) in [5.74, 6) is 0.632. The van der Waals surface area contributed by atoms with Crippen LogP contribution in [0.15, 0.2) is 53.4 Å².